The monoisotopic (exact) mass is 197 g/mol. The highest BCUT2D eigenvalue weighted by molar-refractivity contribution is 4.78. The normalized spacial score (nSPS) is 22.8. The van der Waals surface area contributed by atoms with Crippen LogP contribution >= 0.6 is 0 Å². The van der Waals surface area contributed by atoms with Gasteiger partial charge >= 0.3 is 0 Å². The van der Waals surface area contributed by atoms with Gasteiger partial charge in [-0.15, -0.1) is 6.58 Å². The minimum atomic E-state index is 0.340. The van der Waals surface area contributed by atoms with E-state index in [4.69, 9.17) is 5.11 Å². The summed E-state index contributed by atoms with van der Waals surface area (Å²) in [6.45, 7) is 6.41. The molecule has 1 unspecified atom stereocenters. The molecule has 1 fully saturated rings. The summed E-state index contributed by atoms with van der Waals surface area (Å²) in [5.41, 5.74) is 0. The van der Waals surface area contributed by atoms with E-state index in [-0.39, 0.29) is 0 Å². The molecule has 0 spiro atoms. The topological polar surface area (TPSA) is 23.5 Å². The molecule has 0 aromatic carbocycles. The Morgan fingerprint density at radius 1 is 1.36 bits per heavy atom. The molecule has 14 heavy (non-hydrogen) atoms. The molecule has 1 N–H and O–H groups in total. The summed E-state index contributed by atoms with van der Waals surface area (Å²) >= 11 is 0. The molecule has 1 aliphatic heterocycles. The summed E-state index contributed by atoms with van der Waals surface area (Å²) in [6.07, 6.45) is 9.41. The van der Waals surface area contributed by atoms with E-state index in [1.807, 2.05) is 6.08 Å². The van der Waals surface area contributed by atoms with Crippen molar-refractivity contribution >= 4 is 0 Å². The van der Waals surface area contributed by atoms with Gasteiger partial charge in [0.25, 0.3) is 0 Å². The van der Waals surface area contributed by atoms with Crippen molar-refractivity contribution in [3.63, 3.8) is 0 Å². The lowest BCUT2D eigenvalue weighted by Gasteiger charge is -2.22. The van der Waals surface area contributed by atoms with Gasteiger partial charge in [-0.3, -0.25) is 4.90 Å². The molecular formula is C12H23NO. The lowest BCUT2D eigenvalue weighted by atomic mass is 10.2. The van der Waals surface area contributed by atoms with Crippen LogP contribution in [0.3, 0.4) is 0 Å². The van der Waals surface area contributed by atoms with Crippen LogP contribution in [-0.2, 0) is 0 Å². The molecule has 0 aromatic heterocycles. The van der Waals surface area contributed by atoms with Crippen molar-refractivity contribution in [2.24, 2.45) is 0 Å². The Morgan fingerprint density at radius 2 is 2.21 bits per heavy atom. The molecule has 0 amide bonds. The number of aliphatic hydroxyl groups excluding tert-OH is 1. The highest BCUT2D eigenvalue weighted by Gasteiger charge is 2.22. The molecule has 1 rings (SSSR count). The first-order valence-electron chi connectivity index (χ1n) is 5.84. The molecule has 2 heteroatoms. The number of hydrogen-bond donors (Lipinski definition) is 1. The summed E-state index contributed by atoms with van der Waals surface area (Å²) in [5.74, 6) is 0. The van der Waals surface area contributed by atoms with Crippen molar-refractivity contribution in [2.45, 2.75) is 44.6 Å². The number of hydrogen-bond acceptors (Lipinski definition) is 2. The van der Waals surface area contributed by atoms with Crippen LogP contribution in [0.25, 0.3) is 0 Å². The second-order valence-electron chi connectivity index (χ2n) is 4.15. The largest absolute Gasteiger partial charge is 0.395 e. The first kappa shape index (κ1) is 11.7. The van der Waals surface area contributed by atoms with Crippen molar-refractivity contribution in [2.75, 3.05) is 19.7 Å². The number of allylic oxidation sites excluding steroid dienone is 1. The van der Waals surface area contributed by atoms with E-state index in [0.29, 0.717) is 12.6 Å². The Morgan fingerprint density at radius 3 is 2.93 bits per heavy atom. The third kappa shape index (κ3) is 3.81. The van der Waals surface area contributed by atoms with Gasteiger partial charge < -0.3 is 5.11 Å². The zero-order valence-electron chi connectivity index (χ0n) is 9.12. The minimum absolute atomic E-state index is 0.340. The van der Waals surface area contributed by atoms with Crippen molar-refractivity contribution < 1.29 is 5.11 Å². The van der Waals surface area contributed by atoms with Gasteiger partial charge in [0.2, 0.25) is 0 Å². The number of aliphatic hydroxyl groups is 1. The first-order valence-corrected chi connectivity index (χ1v) is 5.84. The molecule has 1 aliphatic rings. The quantitative estimate of drug-likeness (QED) is 0.499. The molecule has 0 saturated carbocycles. The van der Waals surface area contributed by atoms with Crippen molar-refractivity contribution in [1.29, 1.82) is 0 Å². The van der Waals surface area contributed by atoms with Gasteiger partial charge in [-0.1, -0.05) is 12.5 Å². The molecular weight excluding hydrogens is 174 g/mol. The zero-order valence-corrected chi connectivity index (χ0v) is 9.12. The van der Waals surface area contributed by atoms with Gasteiger partial charge in [0.1, 0.15) is 0 Å². The van der Waals surface area contributed by atoms with E-state index in [1.54, 1.807) is 0 Å². The van der Waals surface area contributed by atoms with Crippen LogP contribution in [-0.4, -0.2) is 35.7 Å². The van der Waals surface area contributed by atoms with E-state index in [1.165, 1.54) is 45.2 Å². The molecule has 1 heterocycles. The lowest BCUT2D eigenvalue weighted by molar-refractivity contribution is 0.157. The molecule has 0 aromatic rings. The summed E-state index contributed by atoms with van der Waals surface area (Å²) < 4.78 is 0. The summed E-state index contributed by atoms with van der Waals surface area (Å²) in [5, 5.41) is 9.12. The van der Waals surface area contributed by atoms with Crippen LogP contribution in [0, 0.1) is 0 Å². The summed E-state index contributed by atoms with van der Waals surface area (Å²) in [6, 6.07) is 0.453. The Bertz CT molecular complexity index is 158. The molecule has 0 radical (unpaired) electrons. The van der Waals surface area contributed by atoms with Crippen molar-refractivity contribution in [1.82, 2.24) is 4.90 Å². The van der Waals surface area contributed by atoms with E-state index in [9.17, 15) is 0 Å². The SMILES string of the molecule is C=CCCCCCN1CCCC1CO. The number of rotatable bonds is 7. The molecule has 0 aliphatic carbocycles. The van der Waals surface area contributed by atoms with Crippen LogP contribution in [0.2, 0.25) is 0 Å². The van der Waals surface area contributed by atoms with Crippen LogP contribution < -0.4 is 0 Å². The number of nitrogens with zero attached hydrogens (tertiary/aromatic N) is 1. The third-order valence-corrected chi connectivity index (χ3v) is 3.06. The lowest BCUT2D eigenvalue weighted by Crippen LogP contribution is -2.32. The van der Waals surface area contributed by atoms with E-state index >= 15 is 0 Å². The predicted molar refractivity (Wildman–Crippen MR) is 60.3 cm³/mol. The molecule has 0 bridgehead atoms. The smallest absolute Gasteiger partial charge is 0.0586 e. The van der Waals surface area contributed by atoms with Gasteiger partial charge in [-0.05, 0) is 45.2 Å². The highest BCUT2D eigenvalue weighted by atomic mass is 16.3. The number of likely N-dealkylation sites (tertiary alicyclic amines) is 1. The Hall–Kier alpha value is -0.340. The van der Waals surface area contributed by atoms with Gasteiger partial charge in [0, 0.05) is 6.04 Å². The van der Waals surface area contributed by atoms with Crippen molar-refractivity contribution in [3.05, 3.63) is 12.7 Å². The summed E-state index contributed by atoms with van der Waals surface area (Å²) in [4.78, 5) is 2.44. The fourth-order valence-corrected chi connectivity index (χ4v) is 2.18. The Labute approximate surface area is 87.6 Å². The fourth-order valence-electron chi connectivity index (χ4n) is 2.18. The average molecular weight is 197 g/mol. The number of unbranched alkanes of at least 4 members (excludes halogenated alkanes) is 3. The maximum atomic E-state index is 9.12. The second-order valence-corrected chi connectivity index (χ2v) is 4.15. The molecule has 82 valence electrons. The standard InChI is InChI=1S/C12H23NO/c1-2-3-4-5-6-9-13-10-7-8-12(13)11-14/h2,12,14H,1,3-11H2. The van der Waals surface area contributed by atoms with E-state index < -0.39 is 0 Å². The Balaban J connectivity index is 2.02. The Kier molecular flexibility index (Phi) is 5.88. The van der Waals surface area contributed by atoms with Crippen LogP contribution in [0.1, 0.15) is 38.5 Å². The second kappa shape index (κ2) is 7.02. The molecule has 2 nitrogen and oxygen atoms in total. The average Bonchev–Trinajstić information content (AvgIpc) is 2.65. The van der Waals surface area contributed by atoms with Crippen LogP contribution in [0.15, 0.2) is 12.7 Å². The first-order chi connectivity index (χ1) is 6.88. The summed E-state index contributed by atoms with van der Waals surface area (Å²) in [7, 11) is 0. The molecule has 1 atom stereocenters. The maximum absolute atomic E-state index is 9.12. The van der Waals surface area contributed by atoms with Gasteiger partial charge in [0.05, 0.1) is 6.61 Å². The van der Waals surface area contributed by atoms with Crippen molar-refractivity contribution in [3.8, 4) is 0 Å². The maximum Gasteiger partial charge on any atom is 0.0586 e. The highest BCUT2D eigenvalue weighted by Crippen LogP contribution is 2.17. The predicted octanol–water partition coefficient (Wildman–Crippen LogP) is 2.19. The van der Waals surface area contributed by atoms with E-state index in [0.717, 1.165) is 6.42 Å². The minimum Gasteiger partial charge on any atom is -0.395 e. The van der Waals surface area contributed by atoms with Gasteiger partial charge in [-0.25, -0.2) is 0 Å². The van der Waals surface area contributed by atoms with Gasteiger partial charge in [0.15, 0.2) is 0 Å². The third-order valence-electron chi connectivity index (χ3n) is 3.06. The fraction of sp³-hybridized carbons (Fsp3) is 0.833. The van der Waals surface area contributed by atoms with Crippen LogP contribution in [0.5, 0.6) is 0 Å². The van der Waals surface area contributed by atoms with Gasteiger partial charge in [-0.2, -0.15) is 0 Å². The van der Waals surface area contributed by atoms with E-state index in [2.05, 4.69) is 11.5 Å². The van der Waals surface area contributed by atoms with Crippen LogP contribution in [0.4, 0.5) is 0 Å². The molecule has 1 saturated heterocycles. The zero-order chi connectivity index (χ0) is 10.2.